The standard InChI is InChI=1S/C31H21ClN6O6S/c32-25-11-5-6-12-26(25)36-45(42,43)29-17-23(38(40)41)14-15-27(29)34-33-18-21-19-37(22-9-2-1-3-10-22)35-30(21)24-16-20-8-4-7-13-28(20)44-31(24)39/h1-19,34,36H/b33-18-. The van der Waals surface area contributed by atoms with Crippen LogP contribution < -0.4 is 15.8 Å². The molecule has 0 aliphatic heterocycles. The Labute approximate surface area is 260 Å². The molecule has 45 heavy (non-hydrogen) atoms. The van der Waals surface area contributed by atoms with Crippen molar-refractivity contribution in [2.45, 2.75) is 4.90 Å². The van der Waals surface area contributed by atoms with Crippen molar-refractivity contribution >= 4 is 55.9 Å². The van der Waals surface area contributed by atoms with E-state index < -0.39 is 31.2 Å². The zero-order chi connectivity index (χ0) is 31.6. The predicted molar refractivity (Wildman–Crippen MR) is 172 cm³/mol. The minimum Gasteiger partial charge on any atom is -0.422 e. The monoisotopic (exact) mass is 640 g/mol. The number of hydrogen-bond acceptors (Lipinski definition) is 9. The van der Waals surface area contributed by atoms with Crippen LogP contribution in [-0.4, -0.2) is 29.3 Å². The highest BCUT2D eigenvalue weighted by atomic mass is 35.5. The summed E-state index contributed by atoms with van der Waals surface area (Å²) in [5.74, 6) is 0. The van der Waals surface area contributed by atoms with Gasteiger partial charge in [0.15, 0.2) is 0 Å². The van der Waals surface area contributed by atoms with Crippen molar-refractivity contribution in [1.82, 2.24) is 9.78 Å². The first kappa shape index (κ1) is 29.3. The molecule has 0 spiro atoms. The Morgan fingerprint density at radius 2 is 1.67 bits per heavy atom. The SMILES string of the molecule is O=c1oc2ccccc2cc1-c1nn(-c2ccccc2)cc1/C=N\Nc1ccc([N+](=O)[O-])cc1S(=O)(=O)Nc1ccccc1Cl. The van der Waals surface area contributed by atoms with Crippen LogP contribution in [0.15, 0.2) is 129 Å². The van der Waals surface area contributed by atoms with E-state index in [1.807, 2.05) is 36.4 Å². The van der Waals surface area contributed by atoms with Crippen LogP contribution in [0.4, 0.5) is 17.1 Å². The Kier molecular flexibility index (Phi) is 7.86. The van der Waals surface area contributed by atoms with Crippen LogP contribution in [0.3, 0.4) is 0 Å². The van der Waals surface area contributed by atoms with Gasteiger partial charge in [0.2, 0.25) is 0 Å². The van der Waals surface area contributed by atoms with E-state index in [0.717, 1.165) is 12.1 Å². The Balaban J connectivity index is 1.40. The number of hydrazone groups is 1. The smallest absolute Gasteiger partial charge is 0.345 e. The van der Waals surface area contributed by atoms with Crippen LogP contribution in [-0.2, 0) is 10.0 Å². The van der Waals surface area contributed by atoms with Crippen molar-refractivity contribution in [2.24, 2.45) is 5.10 Å². The van der Waals surface area contributed by atoms with Gasteiger partial charge < -0.3 is 4.42 Å². The van der Waals surface area contributed by atoms with Gasteiger partial charge >= 0.3 is 5.63 Å². The minimum absolute atomic E-state index is 0.0568. The van der Waals surface area contributed by atoms with Gasteiger partial charge in [0.25, 0.3) is 15.7 Å². The quantitative estimate of drug-likeness (QED) is 0.0788. The molecule has 0 amide bonds. The Morgan fingerprint density at radius 3 is 2.44 bits per heavy atom. The van der Waals surface area contributed by atoms with Crippen LogP contribution in [0.5, 0.6) is 0 Å². The van der Waals surface area contributed by atoms with E-state index in [9.17, 15) is 23.3 Å². The molecule has 0 atom stereocenters. The average Bonchev–Trinajstić information content (AvgIpc) is 3.46. The first-order valence-electron chi connectivity index (χ1n) is 13.2. The van der Waals surface area contributed by atoms with E-state index in [1.54, 1.807) is 47.3 Å². The van der Waals surface area contributed by atoms with E-state index in [0.29, 0.717) is 22.2 Å². The van der Waals surface area contributed by atoms with Gasteiger partial charge in [0, 0.05) is 29.3 Å². The van der Waals surface area contributed by atoms with Gasteiger partial charge in [-0.25, -0.2) is 17.9 Å². The third-order valence-electron chi connectivity index (χ3n) is 6.63. The Hall–Kier alpha value is -5.79. The summed E-state index contributed by atoms with van der Waals surface area (Å²) in [6, 6.07) is 27.4. The van der Waals surface area contributed by atoms with E-state index in [2.05, 4.69) is 20.3 Å². The lowest BCUT2D eigenvalue weighted by atomic mass is 10.1. The lowest BCUT2D eigenvalue weighted by Crippen LogP contribution is -2.15. The first-order valence-corrected chi connectivity index (χ1v) is 15.1. The van der Waals surface area contributed by atoms with Crippen LogP contribution in [0, 0.1) is 10.1 Å². The van der Waals surface area contributed by atoms with Crippen molar-refractivity contribution in [3.8, 4) is 16.9 Å². The molecule has 6 rings (SSSR count). The molecular formula is C31H21ClN6O6S. The maximum atomic E-state index is 13.4. The molecule has 2 heterocycles. The van der Waals surface area contributed by atoms with Crippen LogP contribution in [0.1, 0.15) is 5.56 Å². The molecule has 0 saturated carbocycles. The van der Waals surface area contributed by atoms with Gasteiger partial charge in [0.1, 0.15) is 16.2 Å². The van der Waals surface area contributed by atoms with E-state index in [1.165, 1.54) is 24.4 Å². The maximum absolute atomic E-state index is 13.4. The number of hydrogen-bond donors (Lipinski definition) is 2. The molecule has 0 bridgehead atoms. The lowest BCUT2D eigenvalue weighted by Gasteiger charge is -2.12. The number of anilines is 2. The highest BCUT2D eigenvalue weighted by molar-refractivity contribution is 7.93. The van der Waals surface area contributed by atoms with Gasteiger partial charge in [-0.3, -0.25) is 20.3 Å². The van der Waals surface area contributed by atoms with Crippen molar-refractivity contribution in [2.75, 3.05) is 10.1 Å². The highest BCUT2D eigenvalue weighted by Crippen LogP contribution is 2.31. The molecule has 0 unspecified atom stereocenters. The second-order valence-electron chi connectivity index (χ2n) is 9.59. The molecule has 2 aromatic heterocycles. The summed E-state index contributed by atoms with van der Waals surface area (Å²) in [6.07, 6.45) is 3.01. The van der Waals surface area contributed by atoms with Crippen molar-refractivity contribution in [3.63, 3.8) is 0 Å². The fraction of sp³-hybridized carbons (Fsp3) is 0. The summed E-state index contributed by atoms with van der Waals surface area (Å²) >= 11 is 6.13. The number of nitrogens with zero attached hydrogens (tertiary/aromatic N) is 4. The molecule has 224 valence electrons. The van der Waals surface area contributed by atoms with Crippen LogP contribution in [0.25, 0.3) is 27.9 Å². The molecule has 12 nitrogen and oxygen atoms in total. The molecule has 2 N–H and O–H groups in total. The number of rotatable bonds is 9. The number of sulfonamides is 1. The van der Waals surface area contributed by atoms with Crippen molar-refractivity contribution in [1.29, 1.82) is 0 Å². The van der Waals surface area contributed by atoms with Gasteiger partial charge in [-0.2, -0.15) is 10.2 Å². The predicted octanol–water partition coefficient (Wildman–Crippen LogP) is 6.45. The maximum Gasteiger partial charge on any atom is 0.345 e. The molecule has 14 heteroatoms. The fourth-order valence-electron chi connectivity index (χ4n) is 4.49. The number of non-ortho nitro benzene ring substituents is 1. The molecule has 0 saturated heterocycles. The van der Waals surface area contributed by atoms with Gasteiger partial charge in [-0.05, 0) is 42.5 Å². The summed E-state index contributed by atoms with van der Waals surface area (Å²) < 4.78 is 36.2. The number of nitro benzene ring substituents is 1. The normalized spacial score (nSPS) is 11.6. The summed E-state index contributed by atoms with van der Waals surface area (Å²) in [6.45, 7) is 0. The zero-order valence-corrected chi connectivity index (χ0v) is 24.6. The number of para-hydroxylation sites is 3. The molecule has 0 fully saturated rings. The van der Waals surface area contributed by atoms with Crippen molar-refractivity contribution < 1.29 is 17.8 Å². The number of aromatic nitrogens is 2. The van der Waals surface area contributed by atoms with Crippen molar-refractivity contribution in [3.05, 3.63) is 140 Å². The number of halogens is 1. The zero-order valence-electron chi connectivity index (χ0n) is 23.0. The highest BCUT2D eigenvalue weighted by Gasteiger charge is 2.24. The lowest BCUT2D eigenvalue weighted by molar-refractivity contribution is -0.385. The molecule has 0 radical (unpaired) electrons. The summed E-state index contributed by atoms with van der Waals surface area (Å²) in [5.41, 5.74) is 3.63. The summed E-state index contributed by atoms with van der Waals surface area (Å²) in [5, 5.41) is 21.2. The number of benzene rings is 4. The number of fused-ring (bicyclic) bond motifs is 1. The second kappa shape index (κ2) is 12.1. The van der Waals surface area contributed by atoms with E-state index >= 15 is 0 Å². The second-order valence-corrected chi connectivity index (χ2v) is 11.6. The summed E-state index contributed by atoms with van der Waals surface area (Å²) in [4.78, 5) is 23.4. The molecule has 6 aromatic rings. The van der Waals surface area contributed by atoms with Gasteiger partial charge in [0.05, 0.1) is 38.8 Å². The van der Waals surface area contributed by atoms with Crippen LogP contribution in [0.2, 0.25) is 5.02 Å². The largest absolute Gasteiger partial charge is 0.422 e. The van der Waals surface area contributed by atoms with E-state index in [-0.39, 0.29) is 27.7 Å². The average molecular weight is 641 g/mol. The van der Waals surface area contributed by atoms with Crippen LogP contribution >= 0.6 is 11.6 Å². The third-order valence-corrected chi connectivity index (χ3v) is 8.37. The topological polar surface area (TPSA) is 162 Å². The molecule has 4 aromatic carbocycles. The summed E-state index contributed by atoms with van der Waals surface area (Å²) in [7, 11) is -4.37. The number of nitrogens with one attached hydrogen (secondary N) is 2. The molecule has 0 aliphatic carbocycles. The van der Waals surface area contributed by atoms with Gasteiger partial charge in [-0.1, -0.05) is 60.1 Å². The van der Waals surface area contributed by atoms with Gasteiger partial charge in [-0.15, -0.1) is 0 Å². The number of nitro groups is 1. The molecular weight excluding hydrogens is 620 g/mol. The first-order chi connectivity index (χ1) is 21.7. The Bertz CT molecular complexity index is 2270. The minimum atomic E-state index is -4.37. The van der Waals surface area contributed by atoms with E-state index in [4.69, 9.17) is 16.0 Å². The fourth-order valence-corrected chi connectivity index (χ4v) is 5.98. The molecule has 0 aliphatic rings. The third kappa shape index (κ3) is 6.16. The Morgan fingerprint density at radius 1 is 0.933 bits per heavy atom.